The molecule has 2 aromatic rings. The molecule has 122 valence electrons. The summed E-state index contributed by atoms with van der Waals surface area (Å²) in [5, 5.41) is 6.16. The van der Waals surface area contributed by atoms with Crippen molar-refractivity contribution in [2.45, 2.75) is 38.8 Å². The molecule has 0 unspecified atom stereocenters. The van der Waals surface area contributed by atoms with Gasteiger partial charge < -0.3 is 4.90 Å². The molecule has 0 saturated carbocycles. The Hall–Kier alpha value is -1.31. The number of rotatable bonds is 2. The maximum atomic E-state index is 12.5. The third-order valence-electron chi connectivity index (χ3n) is 4.95. The first-order chi connectivity index (χ1) is 11.2. The first-order valence-corrected chi connectivity index (χ1v) is 9.75. The Bertz CT molecular complexity index is 703. The van der Waals surface area contributed by atoms with Crippen LogP contribution in [0.4, 0.5) is 0 Å². The van der Waals surface area contributed by atoms with Gasteiger partial charge in [-0.1, -0.05) is 4.49 Å². The van der Waals surface area contributed by atoms with E-state index in [1.807, 2.05) is 23.2 Å². The third kappa shape index (κ3) is 2.93. The summed E-state index contributed by atoms with van der Waals surface area (Å²) in [6.45, 7) is 5.77. The van der Waals surface area contributed by atoms with Gasteiger partial charge in [0, 0.05) is 37.1 Å². The number of hydrogen-bond donors (Lipinski definition) is 0. The molecule has 7 heteroatoms. The smallest absolute Gasteiger partial charge is 0.267 e. The second-order valence-electron chi connectivity index (χ2n) is 6.30. The van der Waals surface area contributed by atoms with Crippen LogP contribution in [0.2, 0.25) is 0 Å². The van der Waals surface area contributed by atoms with Gasteiger partial charge in [-0.25, -0.2) is 0 Å². The molecule has 1 amide bonds. The van der Waals surface area contributed by atoms with Crippen molar-refractivity contribution in [3.05, 3.63) is 32.5 Å². The fourth-order valence-corrected chi connectivity index (χ4v) is 5.10. The van der Waals surface area contributed by atoms with Crippen LogP contribution < -0.4 is 0 Å². The van der Waals surface area contributed by atoms with Crippen LogP contribution in [-0.2, 0) is 13.0 Å². The van der Waals surface area contributed by atoms with Crippen molar-refractivity contribution in [1.82, 2.24) is 19.4 Å². The number of nitrogens with zero attached hydrogens (tertiary/aromatic N) is 4. The molecule has 0 atom stereocenters. The SMILES string of the molecule is Cc1nnsc1C(=O)N1CCC(N2CCc3sccc3C2)CC1. The summed E-state index contributed by atoms with van der Waals surface area (Å²) >= 11 is 3.10. The van der Waals surface area contributed by atoms with E-state index >= 15 is 0 Å². The summed E-state index contributed by atoms with van der Waals surface area (Å²) in [6.07, 6.45) is 3.31. The minimum absolute atomic E-state index is 0.106. The molecule has 0 N–H and O–H groups in total. The normalized spacial score (nSPS) is 19.8. The van der Waals surface area contributed by atoms with Gasteiger partial charge >= 0.3 is 0 Å². The predicted molar refractivity (Wildman–Crippen MR) is 92.0 cm³/mol. The number of aromatic nitrogens is 2. The zero-order valence-corrected chi connectivity index (χ0v) is 14.8. The lowest BCUT2D eigenvalue weighted by Crippen LogP contribution is -2.47. The summed E-state index contributed by atoms with van der Waals surface area (Å²) < 4.78 is 3.88. The maximum Gasteiger partial charge on any atom is 0.267 e. The van der Waals surface area contributed by atoms with Gasteiger partial charge in [-0.05, 0) is 54.7 Å². The Labute approximate surface area is 144 Å². The molecular formula is C16H20N4OS2. The highest BCUT2D eigenvalue weighted by Crippen LogP contribution is 2.28. The van der Waals surface area contributed by atoms with E-state index in [1.54, 1.807) is 4.88 Å². The van der Waals surface area contributed by atoms with Crippen LogP contribution in [-0.4, -0.2) is 51.0 Å². The molecule has 0 bridgehead atoms. The van der Waals surface area contributed by atoms with Gasteiger partial charge in [0.1, 0.15) is 4.88 Å². The van der Waals surface area contributed by atoms with Crippen molar-refractivity contribution in [2.24, 2.45) is 0 Å². The summed E-state index contributed by atoms with van der Waals surface area (Å²) in [5.41, 5.74) is 2.26. The summed E-state index contributed by atoms with van der Waals surface area (Å²) in [5.74, 6) is 0.106. The molecule has 0 aromatic carbocycles. The summed E-state index contributed by atoms with van der Waals surface area (Å²) in [4.78, 5) is 19.4. The molecule has 2 aliphatic heterocycles. The number of amides is 1. The molecule has 23 heavy (non-hydrogen) atoms. The Morgan fingerprint density at radius 2 is 2.13 bits per heavy atom. The average Bonchev–Trinajstić information content (AvgIpc) is 3.22. The number of likely N-dealkylation sites (tertiary alicyclic amines) is 1. The van der Waals surface area contributed by atoms with Gasteiger partial charge in [0.15, 0.2) is 0 Å². The zero-order valence-electron chi connectivity index (χ0n) is 13.2. The highest BCUT2D eigenvalue weighted by atomic mass is 32.1. The van der Waals surface area contributed by atoms with Crippen LogP contribution in [0.1, 0.15) is 38.6 Å². The number of hydrogen-bond acceptors (Lipinski definition) is 6. The molecule has 0 spiro atoms. The van der Waals surface area contributed by atoms with Crippen LogP contribution in [0.3, 0.4) is 0 Å². The number of carbonyl (C=O) groups is 1. The van der Waals surface area contributed by atoms with Crippen LogP contribution in [0.15, 0.2) is 11.4 Å². The van der Waals surface area contributed by atoms with Gasteiger partial charge in [0.2, 0.25) is 0 Å². The van der Waals surface area contributed by atoms with E-state index in [4.69, 9.17) is 0 Å². The highest BCUT2D eigenvalue weighted by molar-refractivity contribution is 7.10. The molecule has 0 aliphatic carbocycles. The van der Waals surface area contributed by atoms with E-state index < -0.39 is 0 Å². The lowest BCUT2D eigenvalue weighted by Gasteiger charge is -2.40. The minimum atomic E-state index is 0.106. The van der Waals surface area contributed by atoms with Crippen molar-refractivity contribution >= 4 is 28.8 Å². The van der Waals surface area contributed by atoms with E-state index in [9.17, 15) is 4.79 Å². The molecule has 1 saturated heterocycles. The second-order valence-corrected chi connectivity index (χ2v) is 8.06. The van der Waals surface area contributed by atoms with Crippen LogP contribution in [0, 0.1) is 6.92 Å². The quantitative estimate of drug-likeness (QED) is 0.837. The van der Waals surface area contributed by atoms with Gasteiger partial charge in [0.25, 0.3) is 5.91 Å². The molecule has 0 radical (unpaired) electrons. The molecule has 5 nitrogen and oxygen atoms in total. The molecule has 1 fully saturated rings. The van der Waals surface area contributed by atoms with Crippen molar-refractivity contribution < 1.29 is 4.79 Å². The first kappa shape index (κ1) is 15.2. The van der Waals surface area contributed by atoms with Crippen molar-refractivity contribution in [1.29, 1.82) is 0 Å². The largest absolute Gasteiger partial charge is 0.338 e. The Morgan fingerprint density at radius 3 is 2.87 bits per heavy atom. The van der Waals surface area contributed by atoms with Gasteiger partial charge in [-0.15, -0.1) is 16.4 Å². The van der Waals surface area contributed by atoms with Crippen molar-refractivity contribution in [3.8, 4) is 0 Å². The Kier molecular flexibility index (Phi) is 4.17. The van der Waals surface area contributed by atoms with Gasteiger partial charge in [0.05, 0.1) is 5.69 Å². The van der Waals surface area contributed by atoms with Gasteiger partial charge in [-0.3, -0.25) is 9.69 Å². The molecular weight excluding hydrogens is 328 g/mol. The van der Waals surface area contributed by atoms with E-state index in [-0.39, 0.29) is 5.91 Å². The Balaban J connectivity index is 1.36. The van der Waals surface area contributed by atoms with Crippen LogP contribution in [0.5, 0.6) is 0 Å². The second kappa shape index (κ2) is 6.30. The lowest BCUT2D eigenvalue weighted by molar-refractivity contribution is 0.0604. The topological polar surface area (TPSA) is 49.3 Å². The predicted octanol–water partition coefficient (Wildman–Crippen LogP) is 2.57. The van der Waals surface area contributed by atoms with Gasteiger partial charge in [-0.2, -0.15) is 0 Å². The lowest BCUT2D eigenvalue weighted by atomic mass is 9.99. The monoisotopic (exact) mass is 348 g/mol. The number of fused-ring (bicyclic) bond motifs is 1. The van der Waals surface area contributed by atoms with Crippen molar-refractivity contribution in [2.75, 3.05) is 19.6 Å². The third-order valence-corrected chi connectivity index (χ3v) is 6.79. The Morgan fingerprint density at radius 1 is 1.30 bits per heavy atom. The van der Waals surface area contributed by atoms with E-state index in [0.29, 0.717) is 10.9 Å². The minimum Gasteiger partial charge on any atom is -0.338 e. The average molecular weight is 348 g/mol. The van der Waals surface area contributed by atoms with Crippen LogP contribution >= 0.6 is 22.9 Å². The van der Waals surface area contributed by atoms with E-state index in [0.717, 1.165) is 44.7 Å². The molecule has 2 aliphatic rings. The number of aryl methyl sites for hydroxylation is 1. The molecule has 2 aromatic heterocycles. The summed E-state index contributed by atoms with van der Waals surface area (Å²) in [6, 6.07) is 2.87. The number of thiophene rings is 1. The summed E-state index contributed by atoms with van der Waals surface area (Å²) in [7, 11) is 0. The van der Waals surface area contributed by atoms with E-state index in [1.165, 1.54) is 23.5 Å². The standard InChI is InChI=1S/C16H20N4OS2/c1-11-15(23-18-17-11)16(21)19-6-2-13(3-7-19)20-8-4-14-12(10-20)5-9-22-14/h5,9,13H,2-4,6-8,10H2,1H3. The molecule has 4 heterocycles. The number of carbonyl (C=O) groups excluding carboxylic acids is 1. The molecule has 4 rings (SSSR count). The fourth-order valence-electron chi connectivity index (χ4n) is 3.59. The maximum absolute atomic E-state index is 12.5. The zero-order chi connectivity index (χ0) is 15.8. The van der Waals surface area contributed by atoms with Crippen molar-refractivity contribution in [3.63, 3.8) is 0 Å². The first-order valence-electron chi connectivity index (χ1n) is 8.10. The fraction of sp³-hybridized carbons (Fsp3) is 0.562. The highest BCUT2D eigenvalue weighted by Gasteiger charge is 2.30. The van der Waals surface area contributed by atoms with Crippen LogP contribution in [0.25, 0.3) is 0 Å². The number of piperidine rings is 1. The van der Waals surface area contributed by atoms with E-state index in [2.05, 4.69) is 25.9 Å².